The van der Waals surface area contributed by atoms with Crippen molar-refractivity contribution in [2.45, 2.75) is 26.4 Å². The van der Waals surface area contributed by atoms with Crippen LogP contribution in [0.25, 0.3) is 0 Å². The molecular weight excluding hydrogens is 246 g/mol. The van der Waals surface area contributed by atoms with E-state index in [0.29, 0.717) is 16.9 Å². The fourth-order valence-corrected chi connectivity index (χ4v) is 1.92. The molecule has 0 aromatic carbocycles. The Hall–Kier alpha value is -2.15. The number of nitrogens with one attached hydrogen (secondary N) is 2. The average molecular weight is 263 g/mol. The van der Waals surface area contributed by atoms with E-state index in [2.05, 4.69) is 20.6 Å². The SMILES string of the molecule is CCc1[nH]ncc1NC(=O)C(O)c1cn(C)nc1C. The normalized spacial score (nSPS) is 12.4. The molecule has 7 nitrogen and oxygen atoms in total. The Kier molecular flexibility index (Phi) is 3.66. The lowest BCUT2D eigenvalue weighted by Gasteiger charge is -2.10. The standard InChI is InChI=1S/C12H17N5O2/c1-4-9-10(5-13-15-9)14-12(19)11(18)8-6-17(3)16-7(8)2/h5-6,11,18H,4H2,1-3H3,(H,13,15)(H,14,19). The highest BCUT2D eigenvalue weighted by Gasteiger charge is 2.22. The Balaban J connectivity index is 2.14. The summed E-state index contributed by atoms with van der Waals surface area (Å²) in [5.41, 5.74) is 2.55. The molecule has 3 N–H and O–H groups in total. The van der Waals surface area contributed by atoms with E-state index in [4.69, 9.17) is 0 Å². The quantitative estimate of drug-likeness (QED) is 0.756. The van der Waals surface area contributed by atoms with Crippen LogP contribution in [0.1, 0.15) is 30.0 Å². The molecule has 0 fully saturated rings. The van der Waals surface area contributed by atoms with Gasteiger partial charge in [-0.1, -0.05) is 6.92 Å². The Labute approximate surface area is 110 Å². The number of carbonyl (C=O) groups excluding carboxylic acids is 1. The van der Waals surface area contributed by atoms with E-state index in [1.807, 2.05) is 6.92 Å². The van der Waals surface area contributed by atoms with Crippen molar-refractivity contribution >= 4 is 11.6 Å². The van der Waals surface area contributed by atoms with Crippen LogP contribution >= 0.6 is 0 Å². The molecule has 1 atom stereocenters. The summed E-state index contributed by atoms with van der Waals surface area (Å²) in [4.78, 5) is 12.0. The molecule has 2 heterocycles. The van der Waals surface area contributed by atoms with Crippen LogP contribution in [0.3, 0.4) is 0 Å². The number of hydrogen-bond donors (Lipinski definition) is 3. The first kappa shape index (κ1) is 13.3. The number of aromatic nitrogens is 4. The smallest absolute Gasteiger partial charge is 0.258 e. The van der Waals surface area contributed by atoms with Crippen molar-refractivity contribution in [3.8, 4) is 0 Å². The molecule has 2 aromatic rings. The Morgan fingerprint density at radius 1 is 1.63 bits per heavy atom. The molecule has 0 radical (unpaired) electrons. The predicted octanol–water partition coefficient (Wildman–Crippen LogP) is 0.686. The summed E-state index contributed by atoms with van der Waals surface area (Å²) < 4.78 is 1.57. The minimum absolute atomic E-state index is 0.493. The number of aliphatic hydroxyl groups excluding tert-OH is 1. The molecule has 0 aliphatic rings. The van der Waals surface area contributed by atoms with Gasteiger partial charge in [-0.3, -0.25) is 14.6 Å². The van der Waals surface area contributed by atoms with Crippen molar-refractivity contribution in [2.75, 3.05) is 5.32 Å². The number of aryl methyl sites for hydroxylation is 3. The molecule has 7 heteroatoms. The van der Waals surface area contributed by atoms with Crippen LogP contribution in [-0.4, -0.2) is 31.0 Å². The molecule has 0 aliphatic heterocycles. The number of hydrogen-bond acceptors (Lipinski definition) is 4. The largest absolute Gasteiger partial charge is 0.378 e. The molecule has 1 unspecified atom stereocenters. The first-order valence-corrected chi connectivity index (χ1v) is 6.04. The molecule has 0 bridgehead atoms. The molecule has 0 saturated heterocycles. The van der Waals surface area contributed by atoms with Crippen molar-refractivity contribution in [1.82, 2.24) is 20.0 Å². The van der Waals surface area contributed by atoms with E-state index < -0.39 is 12.0 Å². The lowest BCUT2D eigenvalue weighted by atomic mass is 10.1. The summed E-state index contributed by atoms with van der Waals surface area (Å²) in [7, 11) is 1.74. The van der Waals surface area contributed by atoms with Crippen LogP contribution in [0.4, 0.5) is 5.69 Å². The molecule has 2 aromatic heterocycles. The molecule has 2 rings (SSSR count). The number of nitrogens with zero attached hydrogens (tertiary/aromatic N) is 3. The fourth-order valence-electron chi connectivity index (χ4n) is 1.92. The zero-order chi connectivity index (χ0) is 14.0. The second-order valence-electron chi connectivity index (χ2n) is 4.35. The zero-order valence-corrected chi connectivity index (χ0v) is 11.1. The minimum Gasteiger partial charge on any atom is -0.378 e. The van der Waals surface area contributed by atoms with E-state index in [-0.39, 0.29) is 0 Å². The van der Waals surface area contributed by atoms with Crippen molar-refractivity contribution in [1.29, 1.82) is 0 Å². The summed E-state index contributed by atoms with van der Waals surface area (Å²) in [5, 5.41) is 23.5. The molecular formula is C12H17N5O2. The van der Waals surface area contributed by atoms with Crippen molar-refractivity contribution in [3.63, 3.8) is 0 Å². The van der Waals surface area contributed by atoms with Gasteiger partial charge in [0, 0.05) is 18.8 Å². The monoisotopic (exact) mass is 263 g/mol. The summed E-state index contributed by atoms with van der Waals surface area (Å²) >= 11 is 0. The van der Waals surface area contributed by atoms with Gasteiger partial charge in [0.05, 0.1) is 23.3 Å². The maximum Gasteiger partial charge on any atom is 0.258 e. The van der Waals surface area contributed by atoms with Gasteiger partial charge in [-0.2, -0.15) is 10.2 Å². The third kappa shape index (κ3) is 2.65. The van der Waals surface area contributed by atoms with Crippen LogP contribution in [0.5, 0.6) is 0 Å². The Bertz CT molecular complexity index is 587. The van der Waals surface area contributed by atoms with Crippen molar-refractivity contribution in [3.05, 3.63) is 29.3 Å². The maximum atomic E-state index is 12.0. The van der Waals surface area contributed by atoms with Gasteiger partial charge < -0.3 is 10.4 Å². The van der Waals surface area contributed by atoms with Crippen molar-refractivity contribution < 1.29 is 9.90 Å². The van der Waals surface area contributed by atoms with Gasteiger partial charge in [0.15, 0.2) is 6.10 Å². The highest BCUT2D eigenvalue weighted by molar-refractivity contribution is 5.95. The molecule has 0 saturated carbocycles. The van der Waals surface area contributed by atoms with Gasteiger partial charge in [0.2, 0.25) is 0 Å². The number of carbonyl (C=O) groups is 1. The second-order valence-corrected chi connectivity index (χ2v) is 4.35. The molecule has 0 aliphatic carbocycles. The summed E-state index contributed by atoms with van der Waals surface area (Å²) in [5.74, 6) is -0.493. The minimum atomic E-state index is -1.24. The predicted molar refractivity (Wildman–Crippen MR) is 69.5 cm³/mol. The van der Waals surface area contributed by atoms with E-state index in [1.54, 1.807) is 24.9 Å². The van der Waals surface area contributed by atoms with E-state index in [9.17, 15) is 9.90 Å². The third-order valence-electron chi connectivity index (χ3n) is 2.92. The van der Waals surface area contributed by atoms with Crippen LogP contribution < -0.4 is 5.32 Å². The van der Waals surface area contributed by atoms with Crippen molar-refractivity contribution in [2.24, 2.45) is 7.05 Å². The molecule has 1 amide bonds. The topological polar surface area (TPSA) is 95.8 Å². The lowest BCUT2D eigenvalue weighted by Crippen LogP contribution is -2.21. The lowest BCUT2D eigenvalue weighted by molar-refractivity contribution is -0.124. The number of rotatable bonds is 4. The van der Waals surface area contributed by atoms with Crippen LogP contribution in [-0.2, 0) is 18.3 Å². The van der Waals surface area contributed by atoms with Crippen LogP contribution in [0.15, 0.2) is 12.4 Å². The molecule has 19 heavy (non-hydrogen) atoms. The van der Waals surface area contributed by atoms with E-state index in [1.165, 1.54) is 6.20 Å². The number of amides is 1. The average Bonchev–Trinajstić information content (AvgIpc) is 2.94. The highest BCUT2D eigenvalue weighted by atomic mass is 16.3. The van der Waals surface area contributed by atoms with E-state index in [0.717, 1.165) is 12.1 Å². The number of aromatic amines is 1. The van der Waals surface area contributed by atoms with Gasteiger partial charge >= 0.3 is 0 Å². The summed E-state index contributed by atoms with van der Waals surface area (Å²) in [6, 6.07) is 0. The molecule has 102 valence electrons. The van der Waals surface area contributed by atoms with Gasteiger partial charge in [-0.05, 0) is 13.3 Å². The first-order valence-electron chi connectivity index (χ1n) is 6.04. The third-order valence-corrected chi connectivity index (χ3v) is 2.92. The molecule has 0 spiro atoms. The van der Waals surface area contributed by atoms with Gasteiger partial charge in [-0.25, -0.2) is 0 Å². The maximum absolute atomic E-state index is 12.0. The summed E-state index contributed by atoms with van der Waals surface area (Å²) in [6.45, 7) is 3.70. The Morgan fingerprint density at radius 3 is 2.95 bits per heavy atom. The first-order chi connectivity index (χ1) is 9.02. The number of anilines is 1. The van der Waals surface area contributed by atoms with Crippen LogP contribution in [0, 0.1) is 6.92 Å². The van der Waals surface area contributed by atoms with E-state index >= 15 is 0 Å². The number of H-pyrrole nitrogens is 1. The van der Waals surface area contributed by atoms with Gasteiger partial charge in [-0.15, -0.1) is 0 Å². The second kappa shape index (κ2) is 5.23. The highest BCUT2D eigenvalue weighted by Crippen LogP contribution is 2.19. The summed E-state index contributed by atoms with van der Waals surface area (Å²) in [6.07, 6.45) is 2.64. The number of aliphatic hydroxyl groups is 1. The van der Waals surface area contributed by atoms with Gasteiger partial charge in [0.25, 0.3) is 5.91 Å². The zero-order valence-electron chi connectivity index (χ0n) is 11.1. The van der Waals surface area contributed by atoms with Gasteiger partial charge in [0.1, 0.15) is 0 Å². The Morgan fingerprint density at radius 2 is 2.37 bits per heavy atom. The van der Waals surface area contributed by atoms with Crippen LogP contribution in [0.2, 0.25) is 0 Å². The fraction of sp³-hybridized carbons (Fsp3) is 0.417.